The number of carbonyl (C=O) groups is 1. The van der Waals surface area contributed by atoms with Crippen LogP contribution in [0.3, 0.4) is 0 Å². The number of sulfonamides is 1. The zero-order valence-corrected chi connectivity index (χ0v) is 16.8. The van der Waals surface area contributed by atoms with Gasteiger partial charge in [0.2, 0.25) is 10.0 Å². The largest absolute Gasteiger partial charge is 0.489 e. The molecule has 11 heteroatoms. The minimum atomic E-state index is -4.01. The van der Waals surface area contributed by atoms with E-state index in [2.05, 4.69) is 5.16 Å². The lowest BCUT2D eigenvalue weighted by Crippen LogP contribution is -2.54. The maximum Gasteiger partial charge on any atom is 0.261 e. The smallest absolute Gasteiger partial charge is 0.261 e. The Labute approximate surface area is 168 Å². The van der Waals surface area contributed by atoms with Crippen molar-refractivity contribution in [3.8, 4) is 5.75 Å². The molecular formula is C18H23N3O7S. The van der Waals surface area contributed by atoms with E-state index in [0.717, 1.165) is 15.6 Å². The third-order valence-electron chi connectivity index (χ3n) is 4.93. The van der Waals surface area contributed by atoms with Crippen LogP contribution in [0.4, 0.5) is 0 Å². The molecular weight excluding hydrogens is 402 g/mol. The number of hydroxylamine groups is 1. The molecule has 29 heavy (non-hydrogen) atoms. The molecule has 1 amide bonds. The monoisotopic (exact) mass is 425 g/mol. The molecule has 1 fully saturated rings. The summed E-state index contributed by atoms with van der Waals surface area (Å²) in [6.07, 6.45) is -0.707. The van der Waals surface area contributed by atoms with Gasteiger partial charge in [-0.3, -0.25) is 10.0 Å². The van der Waals surface area contributed by atoms with E-state index in [1.165, 1.54) is 29.7 Å². The Morgan fingerprint density at radius 3 is 2.62 bits per heavy atom. The molecule has 2 aromatic rings. The molecule has 10 nitrogen and oxygen atoms in total. The van der Waals surface area contributed by atoms with E-state index >= 15 is 0 Å². The Kier molecular flexibility index (Phi) is 6.22. The first-order valence-electron chi connectivity index (χ1n) is 9.02. The van der Waals surface area contributed by atoms with E-state index in [9.17, 15) is 18.3 Å². The van der Waals surface area contributed by atoms with Crippen molar-refractivity contribution in [1.29, 1.82) is 0 Å². The second kappa shape index (κ2) is 8.49. The number of aliphatic hydroxyl groups is 1. The summed E-state index contributed by atoms with van der Waals surface area (Å²) in [4.78, 5) is 11.9. The average Bonchev–Trinajstić information content (AvgIpc) is 3.03. The maximum atomic E-state index is 13.0. The number of carbonyl (C=O) groups excluding carboxylic acids is 1. The predicted octanol–water partition coefficient (Wildman–Crippen LogP) is 0.890. The first kappa shape index (κ1) is 21.2. The number of piperidine rings is 1. The zero-order valence-electron chi connectivity index (χ0n) is 16.0. The van der Waals surface area contributed by atoms with E-state index in [0.29, 0.717) is 11.5 Å². The third kappa shape index (κ3) is 4.42. The standard InChI is InChI=1S/C18H23N3O7S/c1-11-16(12(2)28-20-11)10-27-14-3-5-15(6-4-14)29(25,26)21-8-7-13(22)9-17(21)18(23)19-24/h3-6,13,17,22,24H,7-10H2,1-2H3,(H,19,23). The molecule has 1 aliphatic heterocycles. The highest BCUT2D eigenvalue weighted by Gasteiger charge is 2.40. The molecule has 0 radical (unpaired) electrons. The topological polar surface area (TPSA) is 142 Å². The number of aliphatic hydroxyl groups excluding tert-OH is 1. The molecule has 0 aliphatic carbocycles. The van der Waals surface area contributed by atoms with E-state index in [4.69, 9.17) is 14.5 Å². The van der Waals surface area contributed by atoms with Gasteiger partial charge in [-0.15, -0.1) is 0 Å². The van der Waals surface area contributed by atoms with Gasteiger partial charge in [-0.05, 0) is 51.0 Å². The van der Waals surface area contributed by atoms with E-state index < -0.39 is 28.1 Å². The quantitative estimate of drug-likeness (QED) is 0.457. The van der Waals surface area contributed by atoms with Gasteiger partial charge in [-0.25, -0.2) is 13.9 Å². The van der Waals surface area contributed by atoms with Crippen LogP contribution in [0.5, 0.6) is 5.75 Å². The number of aromatic nitrogens is 1. The van der Waals surface area contributed by atoms with Crippen LogP contribution in [0.15, 0.2) is 33.7 Å². The molecule has 2 atom stereocenters. The van der Waals surface area contributed by atoms with Crippen molar-refractivity contribution >= 4 is 15.9 Å². The first-order chi connectivity index (χ1) is 13.7. The SMILES string of the molecule is Cc1noc(C)c1COc1ccc(S(=O)(=O)N2CCC(O)CC2C(=O)NO)cc1. The minimum absolute atomic E-state index is 0.0191. The van der Waals surface area contributed by atoms with E-state index in [1.54, 1.807) is 13.8 Å². The second-order valence-corrected chi connectivity index (χ2v) is 8.74. The van der Waals surface area contributed by atoms with Crippen molar-refractivity contribution in [1.82, 2.24) is 14.9 Å². The van der Waals surface area contributed by atoms with Gasteiger partial charge in [0.25, 0.3) is 5.91 Å². The summed E-state index contributed by atoms with van der Waals surface area (Å²) in [5.41, 5.74) is 3.02. The highest BCUT2D eigenvalue weighted by Crippen LogP contribution is 2.27. The molecule has 0 bridgehead atoms. The van der Waals surface area contributed by atoms with Crippen molar-refractivity contribution in [3.05, 3.63) is 41.3 Å². The number of rotatable bonds is 6. The number of ether oxygens (including phenoxy) is 1. The molecule has 1 aromatic heterocycles. The summed E-state index contributed by atoms with van der Waals surface area (Å²) in [7, 11) is -4.01. The zero-order chi connectivity index (χ0) is 21.2. The van der Waals surface area contributed by atoms with Crippen LogP contribution in [0.1, 0.15) is 29.9 Å². The maximum absolute atomic E-state index is 13.0. The van der Waals surface area contributed by atoms with Crippen LogP contribution in [-0.2, 0) is 21.4 Å². The van der Waals surface area contributed by atoms with E-state index in [-0.39, 0.29) is 30.9 Å². The van der Waals surface area contributed by atoms with Crippen molar-refractivity contribution in [2.24, 2.45) is 0 Å². The Morgan fingerprint density at radius 1 is 1.34 bits per heavy atom. The first-order valence-corrected chi connectivity index (χ1v) is 10.5. The van der Waals surface area contributed by atoms with Gasteiger partial charge in [0.15, 0.2) is 0 Å². The summed E-state index contributed by atoms with van der Waals surface area (Å²) in [5.74, 6) is 0.233. The van der Waals surface area contributed by atoms with Crippen molar-refractivity contribution in [2.45, 2.75) is 50.3 Å². The number of aryl methyl sites for hydroxylation is 2. The summed E-state index contributed by atoms with van der Waals surface area (Å²) >= 11 is 0. The number of hydrogen-bond donors (Lipinski definition) is 3. The molecule has 0 spiro atoms. The fourth-order valence-corrected chi connectivity index (χ4v) is 4.85. The molecule has 1 aromatic carbocycles. The van der Waals surface area contributed by atoms with Crippen LogP contribution < -0.4 is 10.2 Å². The van der Waals surface area contributed by atoms with Gasteiger partial charge in [0.05, 0.1) is 22.3 Å². The number of benzene rings is 1. The molecule has 3 rings (SSSR count). The number of nitrogens with one attached hydrogen (secondary N) is 1. The fourth-order valence-electron chi connectivity index (χ4n) is 3.23. The Morgan fingerprint density at radius 2 is 2.03 bits per heavy atom. The molecule has 3 N–H and O–H groups in total. The molecule has 158 valence electrons. The van der Waals surface area contributed by atoms with Gasteiger partial charge in [-0.1, -0.05) is 5.16 Å². The van der Waals surface area contributed by atoms with Crippen LogP contribution in [0.25, 0.3) is 0 Å². The van der Waals surface area contributed by atoms with Gasteiger partial charge in [0.1, 0.15) is 24.2 Å². The molecule has 1 saturated heterocycles. The van der Waals surface area contributed by atoms with Gasteiger partial charge in [-0.2, -0.15) is 4.31 Å². The predicted molar refractivity (Wildman–Crippen MR) is 99.6 cm³/mol. The summed E-state index contributed by atoms with van der Waals surface area (Å²) in [5, 5.41) is 22.5. The molecule has 2 unspecified atom stereocenters. The summed E-state index contributed by atoms with van der Waals surface area (Å²) in [6, 6.07) is 4.62. The minimum Gasteiger partial charge on any atom is -0.489 e. The highest BCUT2D eigenvalue weighted by molar-refractivity contribution is 7.89. The van der Waals surface area contributed by atoms with Crippen LogP contribution in [-0.4, -0.2) is 52.8 Å². The van der Waals surface area contributed by atoms with Gasteiger partial charge < -0.3 is 14.4 Å². The van der Waals surface area contributed by atoms with Crippen LogP contribution in [0.2, 0.25) is 0 Å². The molecule has 0 saturated carbocycles. The van der Waals surface area contributed by atoms with Gasteiger partial charge >= 0.3 is 0 Å². The van der Waals surface area contributed by atoms with Crippen LogP contribution in [0, 0.1) is 13.8 Å². The molecule has 2 heterocycles. The molecule has 1 aliphatic rings. The normalized spacial score (nSPS) is 20.4. The number of hydrogen-bond acceptors (Lipinski definition) is 8. The highest BCUT2D eigenvalue weighted by atomic mass is 32.2. The lowest BCUT2D eigenvalue weighted by Gasteiger charge is -2.35. The Bertz CT molecular complexity index is 952. The Hall–Kier alpha value is -2.47. The lowest BCUT2D eigenvalue weighted by molar-refractivity contribution is -0.135. The van der Waals surface area contributed by atoms with Crippen LogP contribution >= 0.6 is 0 Å². The van der Waals surface area contributed by atoms with Crippen molar-refractivity contribution in [3.63, 3.8) is 0 Å². The van der Waals surface area contributed by atoms with Crippen molar-refractivity contribution in [2.75, 3.05) is 6.54 Å². The number of amides is 1. The lowest BCUT2D eigenvalue weighted by atomic mass is 10.0. The number of nitrogens with zero attached hydrogens (tertiary/aromatic N) is 2. The second-order valence-electron chi connectivity index (χ2n) is 6.85. The van der Waals surface area contributed by atoms with E-state index in [1.807, 2.05) is 0 Å². The summed E-state index contributed by atoms with van der Waals surface area (Å²) in [6.45, 7) is 3.78. The average molecular weight is 425 g/mol. The third-order valence-corrected chi connectivity index (χ3v) is 6.86. The summed E-state index contributed by atoms with van der Waals surface area (Å²) < 4.78 is 37.7. The fraction of sp³-hybridized carbons (Fsp3) is 0.444. The Balaban J connectivity index is 1.76. The van der Waals surface area contributed by atoms with Gasteiger partial charge in [0, 0.05) is 6.54 Å². The van der Waals surface area contributed by atoms with Crippen molar-refractivity contribution < 1.29 is 32.8 Å².